The topological polar surface area (TPSA) is 38.0 Å². The first kappa shape index (κ1) is 13.6. The lowest BCUT2D eigenvalue weighted by molar-refractivity contribution is 0.774. The molecule has 0 fully saturated rings. The van der Waals surface area contributed by atoms with Crippen LogP contribution in [0.5, 0.6) is 0 Å². The van der Waals surface area contributed by atoms with Gasteiger partial charge in [0.25, 0.3) is 0 Å². The minimum atomic E-state index is 0.414. The number of hydrogen-bond donors (Lipinski definition) is 2. The van der Waals surface area contributed by atoms with E-state index in [1.165, 1.54) is 11.1 Å². The normalized spacial score (nSPS) is 14.1. The Morgan fingerprint density at radius 1 is 1.15 bits per heavy atom. The van der Waals surface area contributed by atoms with Gasteiger partial charge in [0.05, 0.1) is 0 Å². The lowest BCUT2D eigenvalue weighted by Gasteiger charge is -2.15. The third-order valence-corrected chi connectivity index (χ3v) is 4.53. The lowest BCUT2D eigenvalue weighted by atomic mass is 10.1. The fraction of sp³-hybridized carbons (Fsp3) is 0.188. The lowest BCUT2D eigenvalue weighted by Crippen LogP contribution is -2.19. The molecule has 0 saturated heterocycles. The first-order valence-corrected chi connectivity index (χ1v) is 7.76. The molecule has 0 radical (unpaired) electrons. The van der Waals surface area contributed by atoms with Crippen molar-refractivity contribution in [2.24, 2.45) is 5.73 Å². The van der Waals surface area contributed by atoms with Crippen LogP contribution >= 0.6 is 28.1 Å². The van der Waals surface area contributed by atoms with E-state index >= 15 is 0 Å². The first-order chi connectivity index (χ1) is 9.63. The van der Waals surface area contributed by atoms with Crippen LogP contribution in [0.3, 0.4) is 0 Å². The summed E-state index contributed by atoms with van der Waals surface area (Å²) in [5, 5.41) is 3.58. The molecule has 1 aliphatic carbocycles. The van der Waals surface area contributed by atoms with Crippen LogP contribution in [0, 0.1) is 0 Å². The van der Waals surface area contributed by atoms with Gasteiger partial charge in [-0.2, -0.15) is 0 Å². The summed E-state index contributed by atoms with van der Waals surface area (Å²) in [5.74, 6) is 0. The number of benzene rings is 2. The quantitative estimate of drug-likeness (QED) is 0.833. The fourth-order valence-corrected chi connectivity index (χ4v) is 3.60. The summed E-state index contributed by atoms with van der Waals surface area (Å²) < 4.78 is 0.936. The predicted octanol–water partition coefficient (Wildman–Crippen LogP) is 3.66. The maximum absolute atomic E-state index is 5.67. The molecule has 20 heavy (non-hydrogen) atoms. The van der Waals surface area contributed by atoms with Gasteiger partial charge in [-0.25, -0.2) is 0 Å². The molecule has 3 N–H and O–H groups in total. The van der Waals surface area contributed by atoms with Crippen LogP contribution in [-0.4, -0.2) is 11.0 Å². The zero-order chi connectivity index (χ0) is 14.1. The second kappa shape index (κ2) is 5.54. The fourth-order valence-electron chi connectivity index (χ4n) is 2.70. The van der Waals surface area contributed by atoms with E-state index in [9.17, 15) is 0 Å². The number of halogens is 1. The molecule has 0 saturated carbocycles. The van der Waals surface area contributed by atoms with Crippen molar-refractivity contribution < 1.29 is 0 Å². The average Bonchev–Trinajstić information content (AvgIpc) is 2.80. The van der Waals surface area contributed by atoms with Crippen LogP contribution in [0.2, 0.25) is 0 Å². The predicted molar refractivity (Wildman–Crippen MR) is 91.3 cm³/mol. The Morgan fingerprint density at radius 3 is 2.35 bits per heavy atom. The van der Waals surface area contributed by atoms with Gasteiger partial charge in [-0.05, 0) is 58.1 Å². The van der Waals surface area contributed by atoms with E-state index < -0.39 is 0 Å². The zero-order valence-electron chi connectivity index (χ0n) is 10.9. The Morgan fingerprint density at radius 2 is 1.80 bits per heavy atom. The van der Waals surface area contributed by atoms with Gasteiger partial charge in [-0.1, -0.05) is 36.5 Å². The number of thiocarbonyl (C=S) groups is 1. The standard InChI is InChI=1S/C16H15BrN2S/c17-15-9-12(5-6-14(15)16(18)20)19-13-7-10-3-1-2-4-11(10)8-13/h1-6,9,13,19H,7-8H2,(H2,18,20). The largest absolute Gasteiger partial charge is 0.389 e. The van der Waals surface area contributed by atoms with Crippen molar-refractivity contribution >= 4 is 38.8 Å². The molecule has 2 nitrogen and oxygen atoms in total. The Hall–Kier alpha value is -1.39. The number of rotatable bonds is 3. The SMILES string of the molecule is NC(=S)c1ccc(NC2Cc3ccccc3C2)cc1Br. The zero-order valence-corrected chi connectivity index (χ0v) is 13.3. The highest BCUT2D eigenvalue weighted by atomic mass is 79.9. The Balaban J connectivity index is 1.74. The van der Waals surface area contributed by atoms with Gasteiger partial charge in [-0.3, -0.25) is 0 Å². The van der Waals surface area contributed by atoms with Crippen molar-refractivity contribution in [3.8, 4) is 0 Å². The minimum absolute atomic E-state index is 0.414. The molecular weight excluding hydrogens is 332 g/mol. The molecule has 1 aliphatic rings. The molecule has 2 aromatic rings. The van der Waals surface area contributed by atoms with Crippen LogP contribution in [0.4, 0.5) is 5.69 Å². The highest BCUT2D eigenvalue weighted by molar-refractivity contribution is 9.10. The molecule has 102 valence electrons. The highest BCUT2D eigenvalue weighted by Crippen LogP contribution is 2.27. The number of anilines is 1. The molecule has 0 atom stereocenters. The minimum Gasteiger partial charge on any atom is -0.389 e. The van der Waals surface area contributed by atoms with Crippen molar-refractivity contribution in [2.45, 2.75) is 18.9 Å². The monoisotopic (exact) mass is 346 g/mol. The summed E-state index contributed by atoms with van der Waals surface area (Å²) >= 11 is 8.53. The van der Waals surface area contributed by atoms with Crippen molar-refractivity contribution in [1.82, 2.24) is 0 Å². The second-order valence-electron chi connectivity index (χ2n) is 5.08. The Kier molecular flexibility index (Phi) is 3.76. The van der Waals surface area contributed by atoms with Crippen LogP contribution < -0.4 is 11.1 Å². The number of nitrogens with one attached hydrogen (secondary N) is 1. The molecule has 4 heteroatoms. The van der Waals surface area contributed by atoms with Gasteiger partial charge in [-0.15, -0.1) is 0 Å². The molecule has 0 aliphatic heterocycles. The van der Waals surface area contributed by atoms with Gasteiger partial charge in [0.15, 0.2) is 0 Å². The third kappa shape index (κ3) is 2.72. The molecule has 0 aromatic heterocycles. The van der Waals surface area contributed by atoms with E-state index in [0.717, 1.165) is 28.6 Å². The van der Waals surface area contributed by atoms with Gasteiger partial charge in [0, 0.05) is 21.8 Å². The van der Waals surface area contributed by atoms with Crippen molar-refractivity contribution in [2.75, 3.05) is 5.32 Å². The van der Waals surface area contributed by atoms with Crippen LogP contribution in [-0.2, 0) is 12.8 Å². The van der Waals surface area contributed by atoms with Crippen LogP contribution in [0.25, 0.3) is 0 Å². The van der Waals surface area contributed by atoms with E-state index in [1.807, 2.05) is 18.2 Å². The van der Waals surface area contributed by atoms with E-state index in [-0.39, 0.29) is 0 Å². The Bertz CT molecular complexity index is 644. The molecule has 0 amide bonds. The first-order valence-electron chi connectivity index (χ1n) is 6.56. The molecular formula is C16H15BrN2S. The van der Waals surface area contributed by atoms with E-state index in [2.05, 4.69) is 45.5 Å². The van der Waals surface area contributed by atoms with E-state index in [4.69, 9.17) is 18.0 Å². The number of fused-ring (bicyclic) bond motifs is 1. The summed E-state index contributed by atoms with van der Waals surface area (Å²) in [7, 11) is 0. The summed E-state index contributed by atoms with van der Waals surface area (Å²) in [5.41, 5.74) is 10.5. The van der Waals surface area contributed by atoms with Gasteiger partial charge in [0.2, 0.25) is 0 Å². The van der Waals surface area contributed by atoms with Crippen LogP contribution in [0.15, 0.2) is 46.9 Å². The number of hydrogen-bond acceptors (Lipinski definition) is 2. The maximum Gasteiger partial charge on any atom is 0.105 e. The van der Waals surface area contributed by atoms with Crippen molar-refractivity contribution in [3.63, 3.8) is 0 Å². The van der Waals surface area contributed by atoms with Gasteiger partial charge >= 0.3 is 0 Å². The summed E-state index contributed by atoms with van der Waals surface area (Å²) in [6.07, 6.45) is 2.15. The molecule has 0 unspecified atom stereocenters. The Labute approximate surface area is 132 Å². The van der Waals surface area contributed by atoms with E-state index in [0.29, 0.717) is 11.0 Å². The van der Waals surface area contributed by atoms with Gasteiger partial charge in [0.1, 0.15) is 4.99 Å². The smallest absolute Gasteiger partial charge is 0.105 e. The highest BCUT2D eigenvalue weighted by Gasteiger charge is 2.20. The summed E-state index contributed by atoms with van der Waals surface area (Å²) in [6, 6.07) is 15.1. The van der Waals surface area contributed by atoms with Gasteiger partial charge < -0.3 is 11.1 Å². The van der Waals surface area contributed by atoms with Crippen molar-refractivity contribution in [1.29, 1.82) is 0 Å². The molecule has 0 spiro atoms. The van der Waals surface area contributed by atoms with E-state index in [1.54, 1.807) is 0 Å². The molecule has 2 aromatic carbocycles. The maximum atomic E-state index is 5.67. The molecule has 3 rings (SSSR count). The van der Waals surface area contributed by atoms with Crippen molar-refractivity contribution in [3.05, 3.63) is 63.6 Å². The molecule has 0 bridgehead atoms. The third-order valence-electron chi connectivity index (χ3n) is 3.66. The second-order valence-corrected chi connectivity index (χ2v) is 6.37. The molecule has 0 heterocycles. The van der Waals surface area contributed by atoms with Crippen LogP contribution in [0.1, 0.15) is 16.7 Å². The number of nitrogens with two attached hydrogens (primary N) is 1. The summed E-state index contributed by atoms with van der Waals surface area (Å²) in [4.78, 5) is 0.414. The summed E-state index contributed by atoms with van der Waals surface area (Å²) in [6.45, 7) is 0. The average molecular weight is 347 g/mol.